The fourth-order valence-corrected chi connectivity index (χ4v) is 2.08. The lowest BCUT2D eigenvalue weighted by atomic mass is 9.86. The highest BCUT2D eigenvalue weighted by atomic mass is 35.5. The highest BCUT2D eigenvalue weighted by molar-refractivity contribution is 6.35. The molecule has 0 aliphatic carbocycles. The van der Waals surface area contributed by atoms with Crippen LogP contribution in [0.5, 0.6) is 0 Å². The molecule has 0 atom stereocenters. The first kappa shape index (κ1) is 13.1. The molecule has 3 nitrogen and oxygen atoms in total. The molecule has 0 saturated carbocycles. The van der Waals surface area contributed by atoms with Crippen molar-refractivity contribution in [1.82, 2.24) is 4.98 Å². The van der Waals surface area contributed by atoms with Gasteiger partial charge in [-0.05, 0) is 23.6 Å². The Kier molecular flexibility index (Phi) is 3.17. The van der Waals surface area contributed by atoms with E-state index in [1.165, 1.54) is 12.1 Å². The van der Waals surface area contributed by atoms with Gasteiger partial charge in [0.1, 0.15) is 11.6 Å². The molecule has 1 aromatic heterocycles. The van der Waals surface area contributed by atoms with E-state index in [4.69, 9.17) is 17.4 Å². The number of benzene rings is 1. The molecule has 0 aliphatic heterocycles. The molecule has 0 aliphatic rings. The maximum Gasteiger partial charge on any atom is 0.144 e. The lowest BCUT2D eigenvalue weighted by Crippen LogP contribution is -2.19. The predicted octanol–water partition coefficient (Wildman–Crippen LogP) is 3.61. The number of halogens is 2. The maximum atomic E-state index is 13.8. The third-order valence-electron chi connectivity index (χ3n) is 2.83. The van der Waals surface area contributed by atoms with Gasteiger partial charge in [-0.15, -0.1) is 0 Å². The SMILES string of the molecule is CC(C)(C)c1cc2c(F)ccc(Cl)c2nc1NN. The Morgan fingerprint density at radius 3 is 2.56 bits per heavy atom. The van der Waals surface area contributed by atoms with Crippen molar-refractivity contribution in [2.24, 2.45) is 5.84 Å². The molecule has 5 heteroatoms. The number of hydrogen-bond donors (Lipinski definition) is 2. The van der Waals surface area contributed by atoms with Crippen molar-refractivity contribution >= 4 is 28.3 Å². The molecule has 1 aromatic carbocycles. The average Bonchev–Trinajstić information content (AvgIpc) is 2.31. The molecule has 0 unspecified atom stereocenters. The van der Waals surface area contributed by atoms with E-state index in [1.807, 2.05) is 20.8 Å². The van der Waals surface area contributed by atoms with Gasteiger partial charge in [0, 0.05) is 10.9 Å². The van der Waals surface area contributed by atoms with Crippen molar-refractivity contribution in [2.45, 2.75) is 26.2 Å². The van der Waals surface area contributed by atoms with E-state index in [0.29, 0.717) is 21.7 Å². The van der Waals surface area contributed by atoms with Crippen LogP contribution in [0.1, 0.15) is 26.3 Å². The van der Waals surface area contributed by atoms with Crippen LogP contribution in [0.3, 0.4) is 0 Å². The summed E-state index contributed by atoms with van der Waals surface area (Å²) < 4.78 is 13.8. The van der Waals surface area contributed by atoms with Crippen LogP contribution >= 0.6 is 11.6 Å². The summed E-state index contributed by atoms with van der Waals surface area (Å²) in [5.74, 6) is 5.66. The number of nitrogens with one attached hydrogen (secondary N) is 1. The van der Waals surface area contributed by atoms with Gasteiger partial charge in [-0.25, -0.2) is 15.2 Å². The zero-order valence-corrected chi connectivity index (χ0v) is 11.3. The topological polar surface area (TPSA) is 50.9 Å². The van der Waals surface area contributed by atoms with Crippen LogP contribution in [-0.4, -0.2) is 4.98 Å². The monoisotopic (exact) mass is 267 g/mol. The van der Waals surface area contributed by atoms with Crippen LogP contribution in [0.4, 0.5) is 10.2 Å². The zero-order valence-electron chi connectivity index (χ0n) is 10.5. The molecule has 0 saturated heterocycles. The molecule has 1 heterocycles. The van der Waals surface area contributed by atoms with Gasteiger partial charge in [-0.2, -0.15) is 0 Å². The number of nitrogen functional groups attached to an aromatic ring is 1. The Balaban J connectivity index is 2.86. The number of rotatable bonds is 1. The summed E-state index contributed by atoms with van der Waals surface area (Å²) in [6, 6.07) is 4.58. The first-order chi connectivity index (χ1) is 8.34. The van der Waals surface area contributed by atoms with Gasteiger partial charge < -0.3 is 5.43 Å². The Bertz CT molecular complexity index is 605. The summed E-state index contributed by atoms with van der Waals surface area (Å²) >= 11 is 6.03. The highest BCUT2D eigenvalue weighted by Gasteiger charge is 2.21. The first-order valence-corrected chi connectivity index (χ1v) is 5.98. The molecule has 96 valence electrons. The third-order valence-corrected chi connectivity index (χ3v) is 3.13. The molecular formula is C13H15ClFN3. The number of hydrogen-bond acceptors (Lipinski definition) is 3. The number of anilines is 1. The normalized spacial score (nSPS) is 11.9. The Morgan fingerprint density at radius 1 is 1.33 bits per heavy atom. The number of nitrogens with two attached hydrogens (primary N) is 1. The summed E-state index contributed by atoms with van der Waals surface area (Å²) in [4.78, 5) is 4.31. The smallest absolute Gasteiger partial charge is 0.144 e. The van der Waals surface area contributed by atoms with E-state index >= 15 is 0 Å². The van der Waals surface area contributed by atoms with Gasteiger partial charge in [-0.3, -0.25) is 0 Å². The van der Waals surface area contributed by atoms with Crippen molar-refractivity contribution in [2.75, 3.05) is 5.43 Å². The molecule has 18 heavy (non-hydrogen) atoms. The van der Waals surface area contributed by atoms with Gasteiger partial charge in [0.25, 0.3) is 0 Å². The quantitative estimate of drug-likeness (QED) is 0.613. The standard InChI is InChI=1S/C13H15ClFN3/c1-13(2,3)8-6-7-10(15)5-4-9(14)11(7)17-12(8)18-16/h4-6H,16H2,1-3H3,(H,17,18). The number of nitrogens with zero attached hydrogens (tertiary/aromatic N) is 1. The van der Waals surface area contributed by atoms with Gasteiger partial charge in [0.15, 0.2) is 0 Å². The lowest BCUT2D eigenvalue weighted by Gasteiger charge is -2.22. The lowest BCUT2D eigenvalue weighted by molar-refractivity contribution is 0.589. The van der Waals surface area contributed by atoms with Crippen LogP contribution in [0.2, 0.25) is 5.02 Å². The molecule has 0 spiro atoms. The van der Waals surface area contributed by atoms with E-state index < -0.39 is 0 Å². The van der Waals surface area contributed by atoms with E-state index in [0.717, 1.165) is 5.56 Å². The fraction of sp³-hybridized carbons (Fsp3) is 0.308. The third kappa shape index (κ3) is 2.13. The first-order valence-electron chi connectivity index (χ1n) is 5.60. The Morgan fingerprint density at radius 2 is 2.00 bits per heavy atom. The summed E-state index contributed by atoms with van der Waals surface area (Å²) in [7, 11) is 0. The summed E-state index contributed by atoms with van der Waals surface area (Å²) in [6.45, 7) is 6.04. The fourth-order valence-electron chi connectivity index (χ4n) is 1.87. The molecule has 3 N–H and O–H groups in total. The minimum Gasteiger partial charge on any atom is -0.308 e. The second-order valence-electron chi connectivity index (χ2n) is 5.20. The summed E-state index contributed by atoms with van der Waals surface area (Å²) in [5.41, 5.74) is 3.61. The second-order valence-corrected chi connectivity index (χ2v) is 5.61. The van der Waals surface area contributed by atoms with Crippen molar-refractivity contribution < 1.29 is 4.39 Å². The largest absolute Gasteiger partial charge is 0.308 e. The molecule has 2 aromatic rings. The molecule has 0 fully saturated rings. The minimum absolute atomic E-state index is 0.197. The van der Waals surface area contributed by atoms with Gasteiger partial charge in [0.2, 0.25) is 0 Å². The molecule has 0 bridgehead atoms. The van der Waals surface area contributed by atoms with Crippen molar-refractivity contribution in [3.63, 3.8) is 0 Å². The Hall–Kier alpha value is -1.39. The maximum absolute atomic E-state index is 13.8. The van der Waals surface area contributed by atoms with E-state index in [9.17, 15) is 4.39 Å². The van der Waals surface area contributed by atoms with Crippen LogP contribution in [-0.2, 0) is 5.41 Å². The highest BCUT2D eigenvalue weighted by Crippen LogP contribution is 2.33. The van der Waals surface area contributed by atoms with Crippen LogP contribution in [0.25, 0.3) is 10.9 Å². The van der Waals surface area contributed by atoms with Crippen molar-refractivity contribution in [3.8, 4) is 0 Å². The van der Waals surface area contributed by atoms with Gasteiger partial charge >= 0.3 is 0 Å². The van der Waals surface area contributed by atoms with Crippen molar-refractivity contribution in [3.05, 3.63) is 34.6 Å². The number of pyridine rings is 1. The van der Waals surface area contributed by atoms with E-state index in [-0.39, 0.29) is 11.2 Å². The molecule has 2 rings (SSSR count). The zero-order chi connectivity index (χ0) is 13.5. The predicted molar refractivity (Wildman–Crippen MR) is 73.2 cm³/mol. The van der Waals surface area contributed by atoms with Crippen molar-refractivity contribution in [1.29, 1.82) is 0 Å². The summed E-state index contributed by atoms with van der Waals surface area (Å²) in [6.07, 6.45) is 0. The molecular weight excluding hydrogens is 253 g/mol. The number of hydrazine groups is 1. The van der Waals surface area contributed by atoms with Crippen LogP contribution in [0, 0.1) is 5.82 Å². The van der Waals surface area contributed by atoms with E-state index in [1.54, 1.807) is 6.07 Å². The van der Waals surface area contributed by atoms with E-state index in [2.05, 4.69) is 10.4 Å². The van der Waals surface area contributed by atoms with Gasteiger partial charge in [-0.1, -0.05) is 32.4 Å². The molecule has 0 radical (unpaired) electrons. The average molecular weight is 268 g/mol. The van der Waals surface area contributed by atoms with Crippen LogP contribution < -0.4 is 11.3 Å². The Labute approximate surface area is 110 Å². The number of fused-ring (bicyclic) bond motifs is 1. The van der Waals surface area contributed by atoms with Crippen LogP contribution in [0.15, 0.2) is 18.2 Å². The molecule has 0 amide bonds. The minimum atomic E-state index is -0.337. The summed E-state index contributed by atoms with van der Waals surface area (Å²) in [5, 5.41) is 0.815. The number of aromatic nitrogens is 1. The second kappa shape index (κ2) is 4.37. The van der Waals surface area contributed by atoms with Gasteiger partial charge in [0.05, 0.1) is 10.5 Å².